The van der Waals surface area contributed by atoms with E-state index in [4.69, 9.17) is 4.98 Å². The van der Waals surface area contributed by atoms with Crippen LogP contribution in [0.2, 0.25) is 0 Å². The predicted octanol–water partition coefficient (Wildman–Crippen LogP) is 11.5. The minimum atomic E-state index is 0.979. The molecule has 2 nitrogen and oxygen atoms in total. The molecule has 45 heavy (non-hydrogen) atoms. The largest absolute Gasteiger partial charge is 0.309 e. The van der Waals surface area contributed by atoms with E-state index in [9.17, 15) is 0 Å². The van der Waals surface area contributed by atoms with Crippen molar-refractivity contribution >= 4 is 43.4 Å². The molecule has 7 aromatic carbocycles. The van der Waals surface area contributed by atoms with E-state index in [1.165, 1.54) is 65.7 Å². The van der Waals surface area contributed by atoms with Crippen LogP contribution in [0.1, 0.15) is 0 Å². The average molecular weight is 573 g/mol. The zero-order chi connectivity index (χ0) is 29.7. The fourth-order valence-corrected chi connectivity index (χ4v) is 7.04. The first kappa shape index (κ1) is 25.5. The number of aromatic nitrogens is 2. The Morgan fingerprint density at radius 1 is 0.356 bits per heavy atom. The van der Waals surface area contributed by atoms with Crippen LogP contribution in [0.15, 0.2) is 170 Å². The summed E-state index contributed by atoms with van der Waals surface area (Å²) in [4.78, 5) is 5.12. The van der Waals surface area contributed by atoms with Crippen molar-refractivity contribution in [3.05, 3.63) is 170 Å². The topological polar surface area (TPSA) is 17.8 Å². The summed E-state index contributed by atoms with van der Waals surface area (Å²) in [5.74, 6) is 0. The van der Waals surface area contributed by atoms with Crippen molar-refractivity contribution in [1.29, 1.82) is 0 Å². The van der Waals surface area contributed by atoms with Crippen LogP contribution >= 0.6 is 0 Å². The van der Waals surface area contributed by atoms with E-state index < -0.39 is 0 Å². The minimum Gasteiger partial charge on any atom is -0.309 e. The number of nitrogens with zero attached hydrogens (tertiary/aromatic N) is 2. The Balaban J connectivity index is 1.20. The summed E-state index contributed by atoms with van der Waals surface area (Å²) in [6.07, 6.45) is 2.03. The second-order valence-electron chi connectivity index (χ2n) is 11.6. The molecule has 210 valence electrons. The van der Waals surface area contributed by atoms with Crippen molar-refractivity contribution in [2.24, 2.45) is 0 Å². The first-order valence-electron chi connectivity index (χ1n) is 15.4. The van der Waals surface area contributed by atoms with Gasteiger partial charge >= 0.3 is 0 Å². The van der Waals surface area contributed by atoms with Gasteiger partial charge in [0.2, 0.25) is 0 Å². The van der Waals surface area contributed by atoms with Crippen molar-refractivity contribution in [3.63, 3.8) is 0 Å². The summed E-state index contributed by atoms with van der Waals surface area (Å²) in [5, 5.41) is 7.40. The van der Waals surface area contributed by atoms with Gasteiger partial charge in [-0.1, -0.05) is 127 Å². The third kappa shape index (κ3) is 4.07. The van der Waals surface area contributed by atoms with Gasteiger partial charge in [-0.15, -0.1) is 0 Å². The van der Waals surface area contributed by atoms with E-state index >= 15 is 0 Å². The molecular formula is C43H28N2. The van der Waals surface area contributed by atoms with Gasteiger partial charge < -0.3 is 4.57 Å². The standard InChI is InChI=1S/C43H28N2/c1-3-13-29(14-4-1)42-34-18-7-9-20-36(34)43(37-21-10-8-19-35(37)42)39-25-23-31(28-44-39)30-24-26-41-38(27-30)33-17-11-12-22-40(33)45(41)32-15-5-2-6-16-32/h1-28H. The molecule has 0 aliphatic carbocycles. The number of pyridine rings is 1. The van der Waals surface area contributed by atoms with Crippen LogP contribution in [-0.2, 0) is 0 Å². The van der Waals surface area contributed by atoms with Crippen LogP contribution < -0.4 is 0 Å². The predicted molar refractivity (Wildman–Crippen MR) is 190 cm³/mol. The van der Waals surface area contributed by atoms with Crippen LogP contribution in [0.3, 0.4) is 0 Å². The number of hydrogen-bond acceptors (Lipinski definition) is 1. The summed E-state index contributed by atoms with van der Waals surface area (Å²) in [6.45, 7) is 0. The van der Waals surface area contributed by atoms with E-state index in [2.05, 4.69) is 168 Å². The molecule has 0 aliphatic rings. The molecule has 0 radical (unpaired) electrons. The molecule has 2 aromatic heterocycles. The quantitative estimate of drug-likeness (QED) is 0.192. The molecular weight excluding hydrogens is 544 g/mol. The zero-order valence-corrected chi connectivity index (χ0v) is 24.6. The second kappa shape index (κ2) is 10.3. The van der Waals surface area contributed by atoms with Gasteiger partial charge in [0.05, 0.1) is 16.7 Å². The van der Waals surface area contributed by atoms with Gasteiger partial charge in [-0.3, -0.25) is 4.98 Å². The molecule has 0 saturated carbocycles. The molecule has 0 unspecified atom stereocenters. The SMILES string of the molecule is c1ccc(-c2c3ccccc3c(-c3ccc(-c4ccc5c(c4)c4ccccc4n5-c4ccccc4)cn3)c3ccccc23)cc1. The average Bonchev–Trinajstić information content (AvgIpc) is 3.45. The van der Waals surface area contributed by atoms with E-state index in [1.807, 2.05) is 6.20 Å². The highest BCUT2D eigenvalue weighted by molar-refractivity contribution is 6.21. The third-order valence-electron chi connectivity index (χ3n) is 9.03. The van der Waals surface area contributed by atoms with Gasteiger partial charge in [-0.2, -0.15) is 0 Å². The van der Waals surface area contributed by atoms with Crippen LogP contribution in [0.25, 0.3) is 82.5 Å². The Morgan fingerprint density at radius 2 is 0.889 bits per heavy atom. The highest BCUT2D eigenvalue weighted by atomic mass is 15.0. The van der Waals surface area contributed by atoms with Crippen molar-refractivity contribution in [2.45, 2.75) is 0 Å². The molecule has 0 bridgehead atoms. The van der Waals surface area contributed by atoms with Crippen LogP contribution in [0, 0.1) is 0 Å². The molecule has 0 aliphatic heterocycles. The molecule has 0 fully saturated rings. The fourth-order valence-electron chi connectivity index (χ4n) is 7.04. The Hall–Kier alpha value is -5.99. The summed E-state index contributed by atoms with van der Waals surface area (Å²) in [7, 11) is 0. The third-order valence-corrected chi connectivity index (χ3v) is 9.03. The normalized spacial score (nSPS) is 11.6. The Kier molecular flexibility index (Phi) is 5.85. The summed E-state index contributed by atoms with van der Waals surface area (Å²) >= 11 is 0. The summed E-state index contributed by atoms with van der Waals surface area (Å²) < 4.78 is 2.35. The number of para-hydroxylation sites is 2. The van der Waals surface area contributed by atoms with Crippen molar-refractivity contribution in [1.82, 2.24) is 9.55 Å². The molecule has 0 saturated heterocycles. The van der Waals surface area contributed by atoms with E-state index in [1.54, 1.807) is 0 Å². The number of fused-ring (bicyclic) bond motifs is 5. The lowest BCUT2D eigenvalue weighted by atomic mass is 9.87. The lowest BCUT2D eigenvalue weighted by Gasteiger charge is -2.17. The van der Waals surface area contributed by atoms with Gasteiger partial charge in [-0.05, 0) is 74.6 Å². The Bertz CT molecular complexity index is 2450. The van der Waals surface area contributed by atoms with E-state index in [0.29, 0.717) is 0 Å². The Morgan fingerprint density at radius 3 is 1.53 bits per heavy atom. The monoisotopic (exact) mass is 572 g/mol. The second-order valence-corrected chi connectivity index (χ2v) is 11.6. The first-order valence-corrected chi connectivity index (χ1v) is 15.4. The molecule has 2 heteroatoms. The molecule has 9 aromatic rings. The zero-order valence-electron chi connectivity index (χ0n) is 24.6. The van der Waals surface area contributed by atoms with Gasteiger partial charge in [0.25, 0.3) is 0 Å². The number of rotatable bonds is 4. The molecule has 0 atom stereocenters. The highest BCUT2D eigenvalue weighted by Crippen LogP contribution is 2.43. The maximum absolute atomic E-state index is 5.12. The van der Waals surface area contributed by atoms with Crippen LogP contribution in [-0.4, -0.2) is 9.55 Å². The molecule has 0 amide bonds. The fraction of sp³-hybridized carbons (Fsp3) is 0. The van der Waals surface area contributed by atoms with Crippen molar-refractivity contribution < 1.29 is 0 Å². The van der Waals surface area contributed by atoms with Crippen molar-refractivity contribution in [3.8, 4) is 39.2 Å². The maximum atomic E-state index is 5.12. The lowest BCUT2D eigenvalue weighted by molar-refractivity contribution is 1.18. The molecule has 9 rings (SSSR count). The molecule has 0 spiro atoms. The van der Waals surface area contributed by atoms with Gasteiger partial charge in [0.1, 0.15) is 0 Å². The number of benzene rings is 7. The first-order chi connectivity index (χ1) is 22.3. The minimum absolute atomic E-state index is 0.979. The van der Waals surface area contributed by atoms with E-state index in [0.717, 1.165) is 16.8 Å². The smallest absolute Gasteiger partial charge is 0.0714 e. The van der Waals surface area contributed by atoms with Crippen LogP contribution in [0.5, 0.6) is 0 Å². The summed E-state index contributed by atoms with van der Waals surface area (Å²) in [6, 6.07) is 58.6. The molecule has 0 N–H and O–H groups in total. The van der Waals surface area contributed by atoms with Gasteiger partial charge in [0, 0.05) is 33.8 Å². The summed E-state index contributed by atoms with van der Waals surface area (Å²) in [5.41, 5.74) is 10.5. The van der Waals surface area contributed by atoms with Crippen molar-refractivity contribution in [2.75, 3.05) is 0 Å². The molecule has 2 heterocycles. The highest BCUT2D eigenvalue weighted by Gasteiger charge is 2.18. The van der Waals surface area contributed by atoms with Crippen LogP contribution in [0.4, 0.5) is 0 Å². The lowest BCUT2D eigenvalue weighted by Crippen LogP contribution is -1.93. The van der Waals surface area contributed by atoms with Gasteiger partial charge in [-0.25, -0.2) is 0 Å². The van der Waals surface area contributed by atoms with Gasteiger partial charge in [0.15, 0.2) is 0 Å². The maximum Gasteiger partial charge on any atom is 0.0714 e. The Labute approximate surface area is 261 Å². The van der Waals surface area contributed by atoms with E-state index in [-0.39, 0.29) is 0 Å². The number of hydrogen-bond donors (Lipinski definition) is 0.